The van der Waals surface area contributed by atoms with Gasteiger partial charge in [-0.1, -0.05) is 44.0 Å². The van der Waals surface area contributed by atoms with Crippen molar-refractivity contribution in [3.05, 3.63) is 68.9 Å². The maximum absolute atomic E-state index is 13.1. The predicted molar refractivity (Wildman–Crippen MR) is 127 cm³/mol. The number of nitrogens with zero attached hydrogens (tertiary/aromatic N) is 1. The van der Waals surface area contributed by atoms with Crippen molar-refractivity contribution in [1.82, 2.24) is 9.55 Å². The van der Waals surface area contributed by atoms with Crippen molar-refractivity contribution >= 4 is 69.9 Å². The molecule has 0 aliphatic carbocycles. The lowest BCUT2D eigenvalue weighted by Gasteiger charge is -2.30. The molecular weight excluding hydrogens is 568 g/mol. The van der Waals surface area contributed by atoms with E-state index in [2.05, 4.69) is 36.8 Å². The fraction of sp³-hybridized carbons (Fsp3) is 0.190. The summed E-state index contributed by atoms with van der Waals surface area (Å²) in [6, 6.07) is 10.3. The number of hydrogen-bond acceptors (Lipinski definition) is 5. The molecule has 0 radical (unpaired) electrons. The molecule has 2 aromatic heterocycles. The summed E-state index contributed by atoms with van der Waals surface area (Å²) in [6.07, 6.45) is 2.09. The van der Waals surface area contributed by atoms with Gasteiger partial charge < -0.3 is 14.5 Å². The Kier molecular flexibility index (Phi) is 5.97. The van der Waals surface area contributed by atoms with E-state index in [9.17, 15) is 17.8 Å². The number of rotatable bonds is 5. The van der Waals surface area contributed by atoms with Crippen LogP contribution in [0.15, 0.2) is 57.7 Å². The topological polar surface area (TPSA) is 111 Å². The molecule has 0 bridgehead atoms. The quantitative estimate of drug-likeness (QED) is 0.304. The molecular formula is C21H18Br2N2O6S. The van der Waals surface area contributed by atoms with Gasteiger partial charge in [0.2, 0.25) is 4.93 Å². The number of fused-ring (bicyclic) bond motifs is 2. The van der Waals surface area contributed by atoms with Gasteiger partial charge in [0.15, 0.2) is 0 Å². The summed E-state index contributed by atoms with van der Waals surface area (Å²) in [6.45, 7) is 1.59. The molecule has 4 rings (SSSR count). The van der Waals surface area contributed by atoms with Crippen molar-refractivity contribution in [3.8, 4) is 0 Å². The Bertz CT molecular complexity index is 1460. The molecule has 8 nitrogen and oxygen atoms in total. The number of methoxy groups -OCH3 is 1. The lowest BCUT2D eigenvalue weighted by molar-refractivity contribution is 0.0488. The Labute approximate surface area is 200 Å². The Morgan fingerprint density at radius 3 is 2.41 bits per heavy atom. The van der Waals surface area contributed by atoms with Crippen LogP contribution in [-0.2, 0) is 24.5 Å². The van der Waals surface area contributed by atoms with E-state index < -0.39 is 21.1 Å². The number of carbonyl (C=O) groups is 1. The fourth-order valence-electron chi connectivity index (χ4n) is 3.94. The highest BCUT2D eigenvalue weighted by molar-refractivity contribution is 9.10. The molecule has 4 aromatic rings. The van der Waals surface area contributed by atoms with Crippen molar-refractivity contribution in [2.24, 2.45) is 0 Å². The summed E-state index contributed by atoms with van der Waals surface area (Å²) in [5.41, 5.74) is 1.30. The van der Waals surface area contributed by atoms with Crippen LogP contribution >= 0.6 is 31.9 Å². The summed E-state index contributed by atoms with van der Waals surface area (Å²) in [5.74, 6) is 0. The summed E-state index contributed by atoms with van der Waals surface area (Å²) in [7, 11) is -3.69. The van der Waals surface area contributed by atoms with Gasteiger partial charge in [-0.2, -0.15) is 8.42 Å². The van der Waals surface area contributed by atoms with E-state index in [1.165, 1.54) is 24.1 Å². The minimum absolute atomic E-state index is 0.0373. The third-order valence-corrected chi connectivity index (χ3v) is 7.47. The molecule has 0 saturated heterocycles. The zero-order valence-electron chi connectivity index (χ0n) is 16.9. The number of halogens is 2. The van der Waals surface area contributed by atoms with E-state index >= 15 is 0 Å². The average Bonchev–Trinajstić information content (AvgIpc) is 3.32. The van der Waals surface area contributed by atoms with Crippen LogP contribution in [-0.4, -0.2) is 42.3 Å². The Hall–Kier alpha value is -2.18. The number of aromatic amines is 1. The SMILES string of the molecule is CCO[C@@](c1c[nH]c2cc(Br)ccc12)(c1cn(C(=O)OC)c2cc(Br)ccc12)S(=O)(=O)O. The molecule has 0 fully saturated rings. The van der Waals surface area contributed by atoms with Crippen LogP contribution in [0, 0.1) is 0 Å². The van der Waals surface area contributed by atoms with Crippen molar-refractivity contribution in [1.29, 1.82) is 0 Å². The lowest BCUT2D eigenvalue weighted by Crippen LogP contribution is -2.39. The van der Waals surface area contributed by atoms with E-state index in [1.54, 1.807) is 43.3 Å². The van der Waals surface area contributed by atoms with Gasteiger partial charge in [-0.3, -0.25) is 9.12 Å². The molecule has 2 N–H and O–H groups in total. The van der Waals surface area contributed by atoms with Crippen LogP contribution < -0.4 is 0 Å². The normalized spacial score (nSPS) is 14.0. The maximum atomic E-state index is 13.1. The van der Waals surface area contributed by atoms with Crippen LogP contribution in [0.5, 0.6) is 0 Å². The number of benzene rings is 2. The van der Waals surface area contributed by atoms with Gasteiger partial charge in [0, 0.05) is 55.4 Å². The van der Waals surface area contributed by atoms with Gasteiger partial charge in [-0.05, 0) is 31.2 Å². The molecule has 0 spiro atoms. The van der Waals surface area contributed by atoms with Crippen LogP contribution in [0.1, 0.15) is 18.1 Å². The number of H-pyrrole nitrogens is 1. The second-order valence-electron chi connectivity index (χ2n) is 6.96. The van der Waals surface area contributed by atoms with Crippen LogP contribution in [0.2, 0.25) is 0 Å². The Morgan fingerprint density at radius 1 is 1.12 bits per heavy atom. The monoisotopic (exact) mass is 584 g/mol. The second-order valence-corrected chi connectivity index (χ2v) is 10.3. The van der Waals surface area contributed by atoms with Crippen LogP contribution in [0.3, 0.4) is 0 Å². The largest absolute Gasteiger partial charge is 0.452 e. The zero-order valence-corrected chi connectivity index (χ0v) is 20.9. The first-order valence-electron chi connectivity index (χ1n) is 9.41. The van der Waals surface area contributed by atoms with E-state index in [-0.39, 0.29) is 17.7 Å². The summed E-state index contributed by atoms with van der Waals surface area (Å²) >= 11 is 6.77. The molecule has 32 heavy (non-hydrogen) atoms. The minimum Gasteiger partial charge on any atom is -0.452 e. The standard InChI is InChI=1S/C21H18Br2N2O6S/c1-3-31-21(32(27,28)29,16-10-24-18-8-12(22)4-6-14(16)18)17-11-25(20(26)30-2)19-9-13(23)5-7-15(17)19/h4-11,24H,3H2,1-2H3,(H,27,28,29)/t21-/m1/s1. The summed E-state index contributed by atoms with van der Waals surface area (Å²) in [5, 5.41) is 0.937. The highest BCUT2D eigenvalue weighted by Crippen LogP contribution is 2.46. The number of nitrogens with one attached hydrogen (secondary N) is 1. The molecule has 2 heterocycles. The van der Waals surface area contributed by atoms with Crippen LogP contribution in [0.4, 0.5) is 4.79 Å². The molecule has 2 aromatic carbocycles. The minimum atomic E-state index is -4.92. The Balaban J connectivity index is 2.18. The molecule has 0 unspecified atom stereocenters. The molecule has 1 atom stereocenters. The predicted octanol–water partition coefficient (Wildman–Crippen LogP) is 5.39. The maximum Gasteiger partial charge on any atom is 0.418 e. The highest BCUT2D eigenvalue weighted by atomic mass is 79.9. The molecule has 11 heteroatoms. The lowest BCUT2D eigenvalue weighted by atomic mass is 9.99. The fourth-order valence-corrected chi connectivity index (χ4v) is 5.80. The van der Waals surface area contributed by atoms with Gasteiger partial charge in [0.25, 0.3) is 0 Å². The van der Waals surface area contributed by atoms with Gasteiger partial charge in [-0.15, -0.1) is 0 Å². The zero-order chi connectivity index (χ0) is 23.3. The number of ether oxygens (including phenoxy) is 2. The summed E-state index contributed by atoms with van der Waals surface area (Å²) < 4.78 is 50.2. The third kappa shape index (κ3) is 3.48. The highest BCUT2D eigenvalue weighted by Gasteiger charge is 2.51. The smallest absolute Gasteiger partial charge is 0.418 e. The van der Waals surface area contributed by atoms with Gasteiger partial charge in [0.1, 0.15) is 0 Å². The van der Waals surface area contributed by atoms with Crippen molar-refractivity contribution in [2.45, 2.75) is 11.9 Å². The average molecular weight is 586 g/mol. The molecule has 168 valence electrons. The first-order chi connectivity index (χ1) is 15.1. The third-order valence-electron chi connectivity index (χ3n) is 5.20. The number of aromatic nitrogens is 2. The van der Waals surface area contributed by atoms with Crippen molar-refractivity contribution < 1.29 is 27.2 Å². The van der Waals surface area contributed by atoms with E-state index in [0.717, 1.165) is 4.47 Å². The second kappa shape index (κ2) is 8.31. The first kappa shape index (κ1) is 23.0. The van der Waals surface area contributed by atoms with Crippen molar-refractivity contribution in [3.63, 3.8) is 0 Å². The number of carbonyl (C=O) groups excluding carboxylic acids is 1. The summed E-state index contributed by atoms with van der Waals surface area (Å²) in [4.78, 5) is 13.2. The first-order valence-corrected chi connectivity index (χ1v) is 12.4. The number of hydrogen-bond donors (Lipinski definition) is 2. The molecule has 0 amide bonds. The van der Waals surface area contributed by atoms with Gasteiger partial charge in [-0.25, -0.2) is 4.79 Å². The van der Waals surface area contributed by atoms with Crippen LogP contribution in [0.25, 0.3) is 21.8 Å². The van der Waals surface area contributed by atoms with Gasteiger partial charge >= 0.3 is 16.2 Å². The molecule has 0 saturated carbocycles. The molecule has 0 aliphatic rings. The van der Waals surface area contributed by atoms with E-state index in [4.69, 9.17) is 9.47 Å². The van der Waals surface area contributed by atoms with E-state index in [1.807, 2.05) is 0 Å². The van der Waals surface area contributed by atoms with Gasteiger partial charge in [0.05, 0.1) is 12.6 Å². The molecule has 0 aliphatic heterocycles. The van der Waals surface area contributed by atoms with Crippen molar-refractivity contribution in [2.75, 3.05) is 13.7 Å². The Morgan fingerprint density at radius 2 is 1.78 bits per heavy atom. The van der Waals surface area contributed by atoms with E-state index in [0.29, 0.717) is 26.3 Å².